The number of aliphatic carboxylic acids is 1. The van der Waals surface area contributed by atoms with E-state index < -0.39 is 16.8 Å². The van der Waals surface area contributed by atoms with Crippen molar-refractivity contribution in [3.05, 3.63) is 29.3 Å². The number of carbonyl (C=O) groups is 2. The molecule has 2 atom stereocenters. The number of amides is 1. The molecule has 1 aliphatic carbocycles. The van der Waals surface area contributed by atoms with E-state index in [9.17, 15) is 14.7 Å². The molecule has 1 saturated carbocycles. The molecule has 0 saturated heterocycles. The normalized spacial score (nSPS) is 26.7. The van der Waals surface area contributed by atoms with Gasteiger partial charge in [-0.3, -0.25) is 9.59 Å². The Kier molecular flexibility index (Phi) is 4.07. The molecule has 0 aliphatic heterocycles. The fraction of sp³-hybridized carbons (Fsp3) is 0.556. The van der Waals surface area contributed by atoms with Gasteiger partial charge in [-0.15, -0.1) is 0 Å². The summed E-state index contributed by atoms with van der Waals surface area (Å²) in [4.78, 5) is 24.2. The molecule has 0 unspecified atom stereocenters. The number of nitrogens with one attached hydrogen (secondary N) is 1. The van der Waals surface area contributed by atoms with Crippen LogP contribution in [0.3, 0.4) is 0 Å². The monoisotopic (exact) mass is 303 g/mol. The SMILES string of the molecule is Cc1ccc(NC(=O)[C@H]2CC[C@@](C)(C(=O)O)C2(C)C)cc1C. The van der Waals surface area contributed by atoms with E-state index in [4.69, 9.17) is 0 Å². The maximum Gasteiger partial charge on any atom is 0.309 e. The minimum absolute atomic E-state index is 0.0850. The van der Waals surface area contributed by atoms with E-state index >= 15 is 0 Å². The van der Waals surface area contributed by atoms with E-state index in [1.807, 2.05) is 45.9 Å². The highest BCUT2D eigenvalue weighted by Gasteiger charge is 2.58. The van der Waals surface area contributed by atoms with Crippen molar-refractivity contribution in [1.82, 2.24) is 0 Å². The van der Waals surface area contributed by atoms with Crippen molar-refractivity contribution in [3.8, 4) is 0 Å². The van der Waals surface area contributed by atoms with Crippen molar-refractivity contribution in [2.24, 2.45) is 16.7 Å². The first kappa shape index (κ1) is 16.5. The lowest BCUT2D eigenvalue weighted by Crippen LogP contribution is -2.43. The summed E-state index contributed by atoms with van der Waals surface area (Å²) in [7, 11) is 0. The average molecular weight is 303 g/mol. The molecule has 4 heteroatoms. The Morgan fingerprint density at radius 1 is 1.18 bits per heavy atom. The van der Waals surface area contributed by atoms with Crippen molar-refractivity contribution >= 4 is 17.6 Å². The van der Waals surface area contributed by atoms with Crippen molar-refractivity contribution < 1.29 is 14.7 Å². The third-order valence-electron chi connectivity index (χ3n) is 5.79. The van der Waals surface area contributed by atoms with E-state index in [0.29, 0.717) is 12.8 Å². The van der Waals surface area contributed by atoms with E-state index in [2.05, 4.69) is 5.32 Å². The summed E-state index contributed by atoms with van der Waals surface area (Å²) in [6.45, 7) is 9.56. The minimum atomic E-state index is -0.863. The van der Waals surface area contributed by atoms with Crippen LogP contribution in [0.1, 0.15) is 44.7 Å². The van der Waals surface area contributed by atoms with Gasteiger partial charge < -0.3 is 10.4 Å². The highest BCUT2D eigenvalue weighted by molar-refractivity contribution is 5.94. The third-order valence-corrected chi connectivity index (χ3v) is 5.79. The molecule has 22 heavy (non-hydrogen) atoms. The number of carbonyl (C=O) groups excluding carboxylic acids is 1. The number of hydrogen-bond donors (Lipinski definition) is 2. The Morgan fingerprint density at radius 2 is 1.82 bits per heavy atom. The van der Waals surface area contributed by atoms with Gasteiger partial charge in [0.1, 0.15) is 0 Å². The number of aryl methyl sites for hydroxylation is 2. The van der Waals surface area contributed by atoms with Gasteiger partial charge in [-0.05, 0) is 62.3 Å². The molecule has 120 valence electrons. The fourth-order valence-corrected chi connectivity index (χ4v) is 3.39. The topological polar surface area (TPSA) is 66.4 Å². The summed E-state index contributed by atoms with van der Waals surface area (Å²) in [6, 6.07) is 5.82. The van der Waals surface area contributed by atoms with Crippen LogP contribution in [-0.4, -0.2) is 17.0 Å². The van der Waals surface area contributed by atoms with Gasteiger partial charge in [0.2, 0.25) is 5.91 Å². The maximum absolute atomic E-state index is 12.6. The Morgan fingerprint density at radius 3 is 2.32 bits per heavy atom. The lowest BCUT2D eigenvalue weighted by atomic mass is 9.65. The zero-order valence-electron chi connectivity index (χ0n) is 14.0. The molecular weight excluding hydrogens is 278 g/mol. The second-order valence-electron chi connectivity index (χ2n) is 7.24. The number of carboxylic acid groups (broad SMARTS) is 1. The smallest absolute Gasteiger partial charge is 0.309 e. The first-order valence-electron chi connectivity index (χ1n) is 7.71. The quantitative estimate of drug-likeness (QED) is 0.893. The van der Waals surface area contributed by atoms with Gasteiger partial charge in [0.25, 0.3) is 0 Å². The molecule has 2 N–H and O–H groups in total. The van der Waals surface area contributed by atoms with Crippen LogP contribution in [0.25, 0.3) is 0 Å². The molecule has 1 aliphatic rings. The Labute approximate surface area is 131 Å². The number of carboxylic acids is 1. The first-order chi connectivity index (χ1) is 10.1. The Hall–Kier alpha value is -1.84. The largest absolute Gasteiger partial charge is 0.481 e. The van der Waals surface area contributed by atoms with E-state index in [0.717, 1.165) is 11.3 Å². The van der Waals surface area contributed by atoms with Crippen LogP contribution >= 0.6 is 0 Å². The molecule has 0 aromatic heterocycles. The first-order valence-corrected chi connectivity index (χ1v) is 7.71. The van der Waals surface area contributed by atoms with Gasteiger partial charge >= 0.3 is 5.97 Å². The Bertz CT molecular complexity index is 621. The third kappa shape index (κ3) is 2.51. The number of anilines is 1. The predicted molar refractivity (Wildman–Crippen MR) is 86.8 cm³/mol. The average Bonchev–Trinajstić information content (AvgIpc) is 2.66. The van der Waals surface area contributed by atoms with Gasteiger partial charge in [-0.25, -0.2) is 0 Å². The summed E-state index contributed by atoms with van der Waals surface area (Å²) >= 11 is 0. The molecule has 0 bridgehead atoms. The number of benzene rings is 1. The van der Waals surface area contributed by atoms with E-state index in [1.165, 1.54) is 5.56 Å². The van der Waals surface area contributed by atoms with Gasteiger partial charge in [0.05, 0.1) is 5.41 Å². The summed E-state index contributed by atoms with van der Waals surface area (Å²) in [5, 5.41) is 12.5. The van der Waals surface area contributed by atoms with Gasteiger partial charge in [0.15, 0.2) is 0 Å². The van der Waals surface area contributed by atoms with E-state index in [-0.39, 0.29) is 11.8 Å². The van der Waals surface area contributed by atoms with Crippen LogP contribution in [0.15, 0.2) is 18.2 Å². The highest BCUT2D eigenvalue weighted by atomic mass is 16.4. The Balaban J connectivity index is 2.20. The van der Waals surface area contributed by atoms with Crippen LogP contribution in [0.5, 0.6) is 0 Å². The summed E-state index contributed by atoms with van der Waals surface area (Å²) in [6.07, 6.45) is 1.13. The lowest BCUT2D eigenvalue weighted by Gasteiger charge is -2.37. The van der Waals surface area contributed by atoms with Crippen LogP contribution < -0.4 is 5.32 Å². The van der Waals surface area contributed by atoms with Crippen molar-refractivity contribution in [1.29, 1.82) is 0 Å². The van der Waals surface area contributed by atoms with Crippen LogP contribution in [0.2, 0.25) is 0 Å². The minimum Gasteiger partial charge on any atom is -0.481 e. The molecule has 1 fully saturated rings. The van der Waals surface area contributed by atoms with Gasteiger partial charge in [-0.1, -0.05) is 19.9 Å². The van der Waals surface area contributed by atoms with E-state index in [1.54, 1.807) is 6.92 Å². The highest BCUT2D eigenvalue weighted by Crippen LogP contribution is 2.56. The summed E-state index contributed by atoms with van der Waals surface area (Å²) in [5.41, 5.74) is 1.63. The standard InChI is InChI=1S/C18H25NO3/c1-11-6-7-13(10-12(11)2)19-15(20)14-8-9-18(5,16(21)22)17(14,3)4/h6-7,10,14H,8-9H2,1-5H3,(H,19,20)(H,21,22)/t14-,18+/m1/s1. The molecule has 0 spiro atoms. The molecule has 0 radical (unpaired) electrons. The van der Waals surface area contributed by atoms with Crippen LogP contribution in [0, 0.1) is 30.6 Å². The second-order valence-corrected chi connectivity index (χ2v) is 7.24. The molecule has 2 rings (SSSR count). The second kappa shape index (κ2) is 5.41. The molecule has 1 aromatic carbocycles. The maximum atomic E-state index is 12.6. The molecule has 1 aromatic rings. The van der Waals surface area contributed by atoms with Crippen LogP contribution in [0.4, 0.5) is 5.69 Å². The summed E-state index contributed by atoms with van der Waals surface area (Å²) in [5.74, 6) is -1.20. The lowest BCUT2D eigenvalue weighted by molar-refractivity contribution is -0.154. The zero-order chi connectivity index (χ0) is 16.7. The molecule has 0 heterocycles. The van der Waals surface area contributed by atoms with Crippen molar-refractivity contribution in [2.45, 2.75) is 47.5 Å². The zero-order valence-corrected chi connectivity index (χ0v) is 14.0. The van der Waals surface area contributed by atoms with Gasteiger partial charge in [-0.2, -0.15) is 0 Å². The molecule has 1 amide bonds. The van der Waals surface area contributed by atoms with Crippen molar-refractivity contribution in [2.75, 3.05) is 5.32 Å². The fourth-order valence-electron chi connectivity index (χ4n) is 3.39. The van der Waals surface area contributed by atoms with Crippen LogP contribution in [-0.2, 0) is 9.59 Å². The predicted octanol–water partition coefficient (Wildman–Crippen LogP) is 3.77. The summed E-state index contributed by atoms with van der Waals surface area (Å²) < 4.78 is 0. The molecule has 4 nitrogen and oxygen atoms in total. The molecular formula is C18H25NO3. The van der Waals surface area contributed by atoms with Gasteiger partial charge in [0, 0.05) is 11.6 Å². The van der Waals surface area contributed by atoms with Crippen molar-refractivity contribution in [3.63, 3.8) is 0 Å². The number of hydrogen-bond acceptors (Lipinski definition) is 2. The number of rotatable bonds is 3.